The van der Waals surface area contributed by atoms with Gasteiger partial charge in [0.25, 0.3) is 0 Å². The minimum Gasteiger partial charge on any atom is -0.492 e. The highest BCUT2D eigenvalue weighted by Crippen LogP contribution is 2.30. The molecule has 2 unspecified atom stereocenters. The molecule has 0 amide bonds. The molecular weight excluding hydrogens is 283 g/mol. The van der Waals surface area contributed by atoms with E-state index in [2.05, 4.69) is 17.9 Å². The second-order valence-corrected chi connectivity index (χ2v) is 5.40. The van der Waals surface area contributed by atoms with Crippen molar-refractivity contribution in [3.05, 3.63) is 28.8 Å². The minimum atomic E-state index is 0. The Hall–Kier alpha value is -0.480. The number of rotatable bonds is 4. The van der Waals surface area contributed by atoms with Gasteiger partial charge in [0, 0.05) is 31.2 Å². The minimum absolute atomic E-state index is 0. The van der Waals surface area contributed by atoms with Crippen LogP contribution in [-0.2, 0) is 6.54 Å². The van der Waals surface area contributed by atoms with Crippen LogP contribution in [0, 0.1) is 5.92 Å². The quantitative estimate of drug-likeness (QED) is 0.929. The van der Waals surface area contributed by atoms with E-state index in [1.807, 2.05) is 19.1 Å². The fourth-order valence-corrected chi connectivity index (χ4v) is 2.70. The van der Waals surface area contributed by atoms with Crippen LogP contribution in [0.2, 0.25) is 5.02 Å². The SMILES string of the molecule is CCOc1c(Cl)cccc1CN1CC(C)C(N)C1.Cl. The van der Waals surface area contributed by atoms with Gasteiger partial charge < -0.3 is 10.5 Å². The molecular formula is C14H22Cl2N2O. The molecule has 2 rings (SSSR count). The molecule has 2 N–H and O–H groups in total. The lowest BCUT2D eigenvalue weighted by atomic mass is 10.1. The Labute approximate surface area is 126 Å². The molecule has 0 aliphatic carbocycles. The molecule has 2 atom stereocenters. The standard InChI is InChI=1S/C14H21ClN2O.ClH/c1-3-18-14-11(5-4-6-12(14)15)8-17-7-10(2)13(16)9-17;/h4-6,10,13H,3,7-9,16H2,1-2H3;1H. The van der Waals surface area contributed by atoms with Gasteiger partial charge in [0.2, 0.25) is 0 Å². The van der Waals surface area contributed by atoms with Crippen LogP contribution in [0.4, 0.5) is 0 Å². The monoisotopic (exact) mass is 304 g/mol. The van der Waals surface area contributed by atoms with Gasteiger partial charge in [0.1, 0.15) is 5.75 Å². The lowest BCUT2D eigenvalue weighted by molar-refractivity contribution is 0.298. The summed E-state index contributed by atoms with van der Waals surface area (Å²) in [5.74, 6) is 1.37. The zero-order valence-corrected chi connectivity index (χ0v) is 13.0. The Bertz CT molecular complexity index is 404. The van der Waals surface area contributed by atoms with E-state index in [1.54, 1.807) is 0 Å². The molecule has 108 valence electrons. The molecule has 1 aliphatic rings. The topological polar surface area (TPSA) is 38.5 Å². The molecule has 1 aromatic carbocycles. The summed E-state index contributed by atoms with van der Waals surface area (Å²) >= 11 is 6.18. The summed E-state index contributed by atoms with van der Waals surface area (Å²) in [6.45, 7) is 7.64. The van der Waals surface area contributed by atoms with Gasteiger partial charge >= 0.3 is 0 Å². The predicted molar refractivity (Wildman–Crippen MR) is 82.3 cm³/mol. The van der Waals surface area contributed by atoms with Crippen LogP contribution in [0.1, 0.15) is 19.4 Å². The van der Waals surface area contributed by atoms with Crippen molar-refractivity contribution >= 4 is 24.0 Å². The molecule has 0 saturated carbocycles. The van der Waals surface area contributed by atoms with E-state index in [1.165, 1.54) is 0 Å². The number of nitrogens with two attached hydrogens (primary N) is 1. The van der Waals surface area contributed by atoms with Crippen LogP contribution < -0.4 is 10.5 Å². The van der Waals surface area contributed by atoms with E-state index in [0.29, 0.717) is 17.5 Å². The number of hydrogen-bond acceptors (Lipinski definition) is 3. The van der Waals surface area contributed by atoms with Gasteiger partial charge in [-0.05, 0) is 18.9 Å². The molecule has 19 heavy (non-hydrogen) atoms. The van der Waals surface area contributed by atoms with Crippen molar-refractivity contribution in [3.63, 3.8) is 0 Å². The molecule has 1 fully saturated rings. The Kier molecular flexibility index (Phi) is 6.40. The van der Waals surface area contributed by atoms with Crippen LogP contribution in [0.5, 0.6) is 5.75 Å². The Morgan fingerprint density at radius 2 is 2.16 bits per heavy atom. The molecule has 1 aromatic rings. The first-order valence-corrected chi connectivity index (χ1v) is 6.87. The van der Waals surface area contributed by atoms with E-state index in [0.717, 1.165) is 30.9 Å². The maximum atomic E-state index is 6.18. The molecule has 5 heteroatoms. The summed E-state index contributed by atoms with van der Waals surface area (Å²) in [6, 6.07) is 6.19. The van der Waals surface area contributed by atoms with E-state index in [4.69, 9.17) is 22.1 Å². The van der Waals surface area contributed by atoms with Crippen LogP contribution in [0.3, 0.4) is 0 Å². The van der Waals surface area contributed by atoms with Crippen molar-refractivity contribution in [1.29, 1.82) is 0 Å². The normalized spacial score (nSPS) is 23.2. The molecule has 3 nitrogen and oxygen atoms in total. The Morgan fingerprint density at radius 1 is 1.42 bits per heavy atom. The molecule has 0 aromatic heterocycles. The first kappa shape index (κ1) is 16.6. The highest BCUT2D eigenvalue weighted by molar-refractivity contribution is 6.32. The van der Waals surface area contributed by atoms with E-state index >= 15 is 0 Å². The number of ether oxygens (including phenoxy) is 1. The first-order chi connectivity index (χ1) is 8.61. The van der Waals surface area contributed by atoms with Gasteiger partial charge in [-0.2, -0.15) is 0 Å². The number of benzene rings is 1. The average molecular weight is 305 g/mol. The van der Waals surface area contributed by atoms with Gasteiger partial charge in [-0.3, -0.25) is 4.90 Å². The van der Waals surface area contributed by atoms with Crippen molar-refractivity contribution in [3.8, 4) is 5.75 Å². The van der Waals surface area contributed by atoms with Gasteiger partial charge in [-0.1, -0.05) is 30.7 Å². The highest BCUT2D eigenvalue weighted by Gasteiger charge is 2.27. The summed E-state index contributed by atoms with van der Waals surface area (Å²) in [4.78, 5) is 2.36. The van der Waals surface area contributed by atoms with Crippen LogP contribution in [-0.4, -0.2) is 30.6 Å². The molecule has 1 saturated heterocycles. The summed E-state index contributed by atoms with van der Waals surface area (Å²) in [7, 11) is 0. The number of nitrogens with zero attached hydrogens (tertiary/aromatic N) is 1. The van der Waals surface area contributed by atoms with Gasteiger partial charge in [0.05, 0.1) is 11.6 Å². The van der Waals surface area contributed by atoms with Gasteiger partial charge in [0.15, 0.2) is 0 Å². The van der Waals surface area contributed by atoms with Crippen molar-refractivity contribution in [1.82, 2.24) is 4.90 Å². The summed E-state index contributed by atoms with van der Waals surface area (Å²) in [6.07, 6.45) is 0. The van der Waals surface area contributed by atoms with Gasteiger partial charge in [-0.25, -0.2) is 0 Å². The number of para-hydroxylation sites is 1. The third-order valence-corrected chi connectivity index (χ3v) is 3.77. The lowest BCUT2D eigenvalue weighted by Gasteiger charge is -2.18. The number of hydrogen-bond donors (Lipinski definition) is 1. The van der Waals surface area contributed by atoms with E-state index in [9.17, 15) is 0 Å². The zero-order chi connectivity index (χ0) is 13.1. The van der Waals surface area contributed by atoms with E-state index in [-0.39, 0.29) is 18.4 Å². The molecule has 1 heterocycles. The maximum Gasteiger partial charge on any atom is 0.142 e. The van der Waals surface area contributed by atoms with Gasteiger partial charge in [-0.15, -0.1) is 12.4 Å². The third-order valence-electron chi connectivity index (χ3n) is 3.48. The predicted octanol–water partition coefficient (Wildman–Crippen LogP) is 2.94. The molecule has 1 aliphatic heterocycles. The first-order valence-electron chi connectivity index (χ1n) is 6.50. The molecule has 0 radical (unpaired) electrons. The fourth-order valence-electron chi connectivity index (χ4n) is 2.45. The van der Waals surface area contributed by atoms with Crippen molar-refractivity contribution < 1.29 is 4.74 Å². The van der Waals surface area contributed by atoms with Crippen molar-refractivity contribution in [2.45, 2.75) is 26.4 Å². The van der Waals surface area contributed by atoms with Crippen molar-refractivity contribution in [2.24, 2.45) is 11.7 Å². The van der Waals surface area contributed by atoms with Crippen LogP contribution in [0.15, 0.2) is 18.2 Å². The molecule has 0 bridgehead atoms. The summed E-state index contributed by atoms with van der Waals surface area (Å²) < 4.78 is 5.64. The average Bonchev–Trinajstić information content (AvgIpc) is 2.63. The maximum absolute atomic E-state index is 6.18. The Balaban J connectivity index is 0.00000180. The third kappa shape index (κ3) is 3.99. The van der Waals surface area contributed by atoms with E-state index < -0.39 is 0 Å². The summed E-state index contributed by atoms with van der Waals surface area (Å²) in [5, 5.41) is 0.686. The lowest BCUT2D eigenvalue weighted by Crippen LogP contribution is -2.28. The second kappa shape index (κ2) is 7.34. The fraction of sp³-hybridized carbons (Fsp3) is 0.571. The zero-order valence-electron chi connectivity index (χ0n) is 11.4. The Morgan fingerprint density at radius 3 is 2.74 bits per heavy atom. The molecule has 0 spiro atoms. The van der Waals surface area contributed by atoms with Crippen LogP contribution in [0.25, 0.3) is 0 Å². The highest BCUT2D eigenvalue weighted by atomic mass is 35.5. The summed E-state index contributed by atoms with van der Waals surface area (Å²) in [5.41, 5.74) is 7.19. The van der Waals surface area contributed by atoms with Crippen LogP contribution >= 0.6 is 24.0 Å². The number of halogens is 2. The van der Waals surface area contributed by atoms with Crippen molar-refractivity contribution in [2.75, 3.05) is 19.7 Å². The number of likely N-dealkylation sites (tertiary alicyclic amines) is 1. The second-order valence-electron chi connectivity index (χ2n) is 5.00. The largest absolute Gasteiger partial charge is 0.492 e. The smallest absolute Gasteiger partial charge is 0.142 e.